The van der Waals surface area contributed by atoms with Gasteiger partial charge in [-0.2, -0.15) is 0 Å². The number of thioether (sulfide) groups is 1. The van der Waals surface area contributed by atoms with Gasteiger partial charge in [-0.1, -0.05) is 44.7 Å². The van der Waals surface area contributed by atoms with Crippen molar-refractivity contribution in [3.8, 4) is 0 Å². The summed E-state index contributed by atoms with van der Waals surface area (Å²) in [7, 11) is 0. The average molecular weight is 496 g/mol. The number of amides is 1. The second-order valence-corrected chi connectivity index (χ2v) is 10.1. The summed E-state index contributed by atoms with van der Waals surface area (Å²) < 4.78 is 16.8. The molecule has 4 rings (SSSR count). The van der Waals surface area contributed by atoms with Crippen molar-refractivity contribution in [1.29, 1.82) is 0 Å². The molecule has 184 valence electrons. The molecule has 0 saturated carbocycles. The van der Waals surface area contributed by atoms with Crippen molar-refractivity contribution in [3.05, 3.63) is 69.8 Å². The third-order valence-corrected chi connectivity index (χ3v) is 7.04. The van der Waals surface area contributed by atoms with E-state index in [-0.39, 0.29) is 23.3 Å². The highest BCUT2D eigenvalue weighted by Crippen LogP contribution is 2.26. The van der Waals surface area contributed by atoms with Crippen LogP contribution in [0.5, 0.6) is 0 Å². The van der Waals surface area contributed by atoms with Gasteiger partial charge in [0.2, 0.25) is 5.78 Å². The topological polar surface area (TPSA) is 81.3 Å². The van der Waals surface area contributed by atoms with E-state index in [2.05, 4.69) is 29.4 Å². The maximum atomic E-state index is 13.4. The quantitative estimate of drug-likeness (QED) is 0.329. The first-order chi connectivity index (χ1) is 16.8. The summed E-state index contributed by atoms with van der Waals surface area (Å²) >= 11 is 1.45. The molecule has 35 heavy (non-hydrogen) atoms. The van der Waals surface area contributed by atoms with Gasteiger partial charge in [0, 0.05) is 23.9 Å². The lowest BCUT2D eigenvalue weighted by Crippen LogP contribution is -2.32. The monoisotopic (exact) mass is 495 g/mol. The van der Waals surface area contributed by atoms with Gasteiger partial charge >= 0.3 is 0 Å². The maximum absolute atomic E-state index is 13.4. The smallest absolute Gasteiger partial charge is 0.262 e. The van der Waals surface area contributed by atoms with Crippen LogP contribution in [0.15, 0.2) is 52.4 Å². The summed E-state index contributed by atoms with van der Waals surface area (Å²) in [5, 5.41) is 12.8. The Morgan fingerprint density at radius 2 is 1.86 bits per heavy atom. The van der Waals surface area contributed by atoms with Crippen LogP contribution in [0.4, 0.5) is 4.39 Å². The summed E-state index contributed by atoms with van der Waals surface area (Å²) in [6.07, 6.45) is 1.64. The zero-order valence-corrected chi connectivity index (χ0v) is 21.2. The molecule has 7 nitrogen and oxygen atoms in total. The largest absolute Gasteiger partial charge is 0.350 e. The molecular weight excluding hydrogens is 465 g/mol. The van der Waals surface area contributed by atoms with Crippen LogP contribution in [0.25, 0.3) is 16.7 Å². The van der Waals surface area contributed by atoms with E-state index in [1.54, 1.807) is 34.9 Å². The van der Waals surface area contributed by atoms with Crippen molar-refractivity contribution in [1.82, 2.24) is 24.5 Å². The standard InChI is InChI=1S/C26H30FN5O2S/c1-5-17(4)28-23(33)19-8-11-21-22(14-19)32-25(31(24(21)34)13-12-16(2)3)29-30-26(32)35-15-18-6-9-20(27)10-7-18/h6-11,14,16-17H,5,12-13,15H2,1-4H3,(H,28,33)/t17-/m1/s1. The molecule has 1 atom stereocenters. The highest BCUT2D eigenvalue weighted by Gasteiger charge is 2.19. The van der Waals surface area contributed by atoms with Gasteiger partial charge in [0.1, 0.15) is 5.82 Å². The van der Waals surface area contributed by atoms with E-state index >= 15 is 0 Å². The molecule has 4 aromatic rings. The summed E-state index contributed by atoms with van der Waals surface area (Å²) in [6.45, 7) is 8.70. The normalized spacial score (nSPS) is 12.5. The van der Waals surface area contributed by atoms with Crippen molar-refractivity contribution in [2.75, 3.05) is 0 Å². The number of carbonyl (C=O) groups excluding carboxylic acids is 1. The molecule has 9 heteroatoms. The molecule has 1 N–H and O–H groups in total. The Morgan fingerprint density at radius 1 is 1.11 bits per heavy atom. The fourth-order valence-electron chi connectivity index (χ4n) is 3.74. The van der Waals surface area contributed by atoms with Crippen molar-refractivity contribution >= 4 is 34.3 Å². The van der Waals surface area contributed by atoms with Crippen molar-refractivity contribution in [2.45, 2.75) is 64.0 Å². The Kier molecular flexibility index (Phi) is 7.54. The van der Waals surface area contributed by atoms with Gasteiger partial charge in [-0.05, 0) is 61.6 Å². The number of nitrogens with zero attached hydrogens (tertiary/aromatic N) is 4. The summed E-state index contributed by atoms with van der Waals surface area (Å²) in [6, 6.07) is 11.5. The lowest BCUT2D eigenvalue weighted by molar-refractivity contribution is 0.0939. The molecule has 0 unspecified atom stereocenters. The Morgan fingerprint density at radius 3 is 2.54 bits per heavy atom. The van der Waals surface area contributed by atoms with Crippen LogP contribution in [-0.2, 0) is 12.3 Å². The molecule has 0 bridgehead atoms. The zero-order valence-electron chi connectivity index (χ0n) is 20.4. The highest BCUT2D eigenvalue weighted by atomic mass is 32.2. The van der Waals surface area contributed by atoms with Crippen molar-refractivity contribution in [3.63, 3.8) is 0 Å². The van der Waals surface area contributed by atoms with Gasteiger partial charge in [-0.3, -0.25) is 18.6 Å². The predicted octanol–water partition coefficient (Wildman–Crippen LogP) is 5.05. The molecule has 2 heterocycles. The van der Waals surface area contributed by atoms with Gasteiger partial charge in [0.05, 0.1) is 10.9 Å². The molecule has 2 aromatic carbocycles. The lowest BCUT2D eigenvalue weighted by Gasteiger charge is -2.14. The summed E-state index contributed by atoms with van der Waals surface area (Å²) in [5.41, 5.74) is 1.86. The SMILES string of the molecule is CC[C@@H](C)NC(=O)c1ccc2c(=O)n(CCC(C)C)c3nnc(SCc4ccc(F)cc4)n3c2c1. The van der Waals surface area contributed by atoms with E-state index in [9.17, 15) is 14.0 Å². The van der Waals surface area contributed by atoms with E-state index in [0.29, 0.717) is 45.6 Å². The van der Waals surface area contributed by atoms with Gasteiger partial charge in [0.15, 0.2) is 5.16 Å². The molecule has 0 fully saturated rings. The van der Waals surface area contributed by atoms with E-state index < -0.39 is 0 Å². The van der Waals surface area contributed by atoms with Crippen LogP contribution in [0.3, 0.4) is 0 Å². The first-order valence-corrected chi connectivity index (χ1v) is 12.9. The average Bonchev–Trinajstić information content (AvgIpc) is 3.27. The fourth-order valence-corrected chi connectivity index (χ4v) is 4.64. The third-order valence-electron chi connectivity index (χ3n) is 6.04. The molecule has 0 radical (unpaired) electrons. The van der Waals surface area contributed by atoms with E-state index in [0.717, 1.165) is 18.4 Å². The number of carbonyl (C=O) groups is 1. The van der Waals surface area contributed by atoms with Crippen LogP contribution < -0.4 is 10.9 Å². The first kappa shape index (κ1) is 24.9. The maximum Gasteiger partial charge on any atom is 0.262 e. The molecular formula is C26H30FN5O2S. The van der Waals surface area contributed by atoms with E-state index in [1.807, 2.05) is 18.2 Å². The summed E-state index contributed by atoms with van der Waals surface area (Å²) in [4.78, 5) is 26.2. The number of nitrogens with one attached hydrogen (secondary N) is 1. The number of fused-ring (bicyclic) bond motifs is 3. The van der Waals surface area contributed by atoms with Crippen LogP contribution in [0.1, 0.15) is 56.5 Å². The minimum absolute atomic E-state index is 0.0407. The zero-order chi connectivity index (χ0) is 25.1. The molecule has 1 amide bonds. The van der Waals surface area contributed by atoms with Crippen molar-refractivity contribution in [2.24, 2.45) is 5.92 Å². The molecule has 0 aliphatic rings. The number of halogens is 1. The van der Waals surface area contributed by atoms with Crippen LogP contribution in [0.2, 0.25) is 0 Å². The Balaban J connectivity index is 1.83. The van der Waals surface area contributed by atoms with E-state index in [4.69, 9.17) is 0 Å². The number of hydrogen-bond donors (Lipinski definition) is 1. The Bertz CT molecular complexity index is 1410. The molecule has 0 saturated heterocycles. The van der Waals surface area contributed by atoms with Crippen LogP contribution in [0, 0.1) is 11.7 Å². The highest BCUT2D eigenvalue weighted by molar-refractivity contribution is 7.98. The Hall–Kier alpha value is -3.20. The number of aryl methyl sites for hydroxylation is 1. The lowest BCUT2D eigenvalue weighted by atomic mass is 10.1. The molecule has 2 aromatic heterocycles. The van der Waals surface area contributed by atoms with Crippen LogP contribution in [-0.4, -0.2) is 31.1 Å². The second kappa shape index (κ2) is 10.6. The number of benzene rings is 2. The molecule has 0 aliphatic carbocycles. The number of hydrogen-bond acceptors (Lipinski definition) is 5. The van der Waals surface area contributed by atoms with Gasteiger partial charge < -0.3 is 5.32 Å². The molecule has 0 spiro atoms. The van der Waals surface area contributed by atoms with Gasteiger partial charge in [-0.15, -0.1) is 10.2 Å². The molecule has 0 aliphatic heterocycles. The number of aromatic nitrogens is 4. The van der Waals surface area contributed by atoms with Gasteiger partial charge in [0.25, 0.3) is 11.5 Å². The summed E-state index contributed by atoms with van der Waals surface area (Å²) in [5.74, 6) is 0.952. The predicted molar refractivity (Wildman–Crippen MR) is 137 cm³/mol. The van der Waals surface area contributed by atoms with Crippen LogP contribution >= 0.6 is 11.8 Å². The minimum atomic E-state index is -0.282. The number of rotatable bonds is 9. The Labute approximate surface area is 207 Å². The fraction of sp³-hybridized carbons (Fsp3) is 0.385. The second-order valence-electron chi connectivity index (χ2n) is 9.19. The minimum Gasteiger partial charge on any atom is -0.350 e. The van der Waals surface area contributed by atoms with E-state index in [1.165, 1.54) is 23.9 Å². The van der Waals surface area contributed by atoms with Gasteiger partial charge in [-0.25, -0.2) is 4.39 Å². The first-order valence-electron chi connectivity index (χ1n) is 11.9. The third kappa shape index (κ3) is 5.40. The van der Waals surface area contributed by atoms with Crippen molar-refractivity contribution < 1.29 is 9.18 Å².